The summed E-state index contributed by atoms with van der Waals surface area (Å²) in [6.07, 6.45) is 6.12. The molecule has 2 aromatic rings. The number of nitrogen functional groups attached to an aromatic ring is 1. The number of methoxy groups -OCH3 is 1. The van der Waals surface area contributed by atoms with Crippen molar-refractivity contribution in [2.45, 2.75) is 45.0 Å². The van der Waals surface area contributed by atoms with Crippen molar-refractivity contribution in [3.05, 3.63) is 30.5 Å². The maximum atomic E-state index is 12.9. The number of hydrogen-bond acceptors (Lipinski definition) is 5. The first-order valence-corrected chi connectivity index (χ1v) is 8.14. The lowest BCUT2D eigenvalue weighted by molar-refractivity contribution is 0.0673. The maximum Gasteiger partial charge on any atom is 0.274 e. The van der Waals surface area contributed by atoms with E-state index in [0.717, 1.165) is 6.42 Å². The highest BCUT2D eigenvalue weighted by Gasteiger charge is 2.36. The van der Waals surface area contributed by atoms with Crippen molar-refractivity contribution < 1.29 is 9.53 Å². The second-order valence-corrected chi connectivity index (χ2v) is 6.47. The van der Waals surface area contributed by atoms with Gasteiger partial charge in [-0.25, -0.2) is 4.98 Å². The van der Waals surface area contributed by atoms with Gasteiger partial charge in [0.15, 0.2) is 0 Å². The average Bonchev–Trinajstić information content (AvgIpc) is 3.26. The lowest BCUT2D eigenvalue weighted by Gasteiger charge is -2.23. The Hall–Kier alpha value is -2.35. The molecule has 3 rings (SSSR count). The number of amides is 1. The zero-order valence-corrected chi connectivity index (χ0v) is 14.3. The summed E-state index contributed by atoms with van der Waals surface area (Å²) < 4.78 is 9.17. The molecule has 24 heavy (non-hydrogen) atoms. The number of imidazole rings is 1. The van der Waals surface area contributed by atoms with Gasteiger partial charge in [-0.1, -0.05) is 0 Å². The lowest BCUT2D eigenvalue weighted by atomic mass is 10.2. The molecule has 1 saturated heterocycles. The fourth-order valence-corrected chi connectivity index (χ4v) is 3.04. The van der Waals surface area contributed by atoms with Crippen LogP contribution in [-0.4, -0.2) is 55.9 Å². The first kappa shape index (κ1) is 16.5. The van der Waals surface area contributed by atoms with E-state index in [1.165, 1.54) is 0 Å². The molecule has 130 valence electrons. The van der Waals surface area contributed by atoms with Crippen molar-refractivity contribution in [1.29, 1.82) is 0 Å². The molecule has 0 saturated carbocycles. The third-order valence-corrected chi connectivity index (χ3v) is 4.45. The molecule has 1 aliphatic rings. The van der Waals surface area contributed by atoms with Crippen molar-refractivity contribution in [1.82, 2.24) is 24.2 Å². The van der Waals surface area contributed by atoms with E-state index in [1.807, 2.05) is 15.7 Å². The molecule has 8 nitrogen and oxygen atoms in total. The monoisotopic (exact) mass is 332 g/mol. The van der Waals surface area contributed by atoms with Crippen molar-refractivity contribution in [2.75, 3.05) is 19.4 Å². The number of carbonyl (C=O) groups excluding carboxylic acids is 1. The van der Waals surface area contributed by atoms with Gasteiger partial charge >= 0.3 is 0 Å². The van der Waals surface area contributed by atoms with Gasteiger partial charge in [0.05, 0.1) is 25.0 Å². The average molecular weight is 332 g/mol. The summed E-state index contributed by atoms with van der Waals surface area (Å²) in [5.74, 6) is 0.406. The first-order chi connectivity index (χ1) is 11.5. The highest BCUT2D eigenvalue weighted by Crippen LogP contribution is 2.23. The fraction of sp³-hybridized carbons (Fsp3) is 0.562. The van der Waals surface area contributed by atoms with Gasteiger partial charge in [0, 0.05) is 32.1 Å². The molecule has 2 aromatic heterocycles. The van der Waals surface area contributed by atoms with Crippen LogP contribution in [0, 0.1) is 0 Å². The van der Waals surface area contributed by atoms with Crippen LogP contribution in [0.15, 0.2) is 24.8 Å². The van der Waals surface area contributed by atoms with E-state index in [1.54, 1.807) is 30.4 Å². The molecule has 0 unspecified atom stereocenters. The molecule has 0 aliphatic carbocycles. The van der Waals surface area contributed by atoms with Crippen LogP contribution in [0.25, 0.3) is 0 Å². The van der Waals surface area contributed by atoms with Gasteiger partial charge < -0.3 is 19.9 Å². The number of carbonyl (C=O) groups is 1. The van der Waals surface area contributed by atoms with Gasteiger partial charge in [-0.3, -0.25) is 9.48 Å². The number of anilines is 1. The van der Waals surface area contributed by atoms with Crippen LogP contribution < -0.4 is 5.73 Å². The van der Waals surface area contributed by atoms with Gasteiger partial charge in [-0.2, -0.15) is 5.10 Å². The normalized spacial score (nSPS) is 20.9. The molecule has 1 amide bonds. The Balaban J connectivity index is 1.78. The van der Waals surface area contributed by atoms with E-state index in [4.69, 9.17) is 10.5 Å². The predicted octanol–water partition coefficient (Wildman–Crippen LogP) is 1.17. The van der Waals surface area contributed by atoms with Gasteiger partial charge in [-0.05, 0) is 26.3 Å². The van der Waals surface area contributed by atoms with Crippen LogP contribution in [-0.2, 0) is 11.3 Å². The Morgan fingerprint density at radius 3 is 2.88 bits per heavy atom. The van der Waals surface area contributed by atoms with Crippen LogP contribution >= 0.6 is 0 Å². The Labute approximate surface area is 141 Å². The molecule has 8 heteroatoms. The van der Waals surface area contributed by atoms with Gasteiger partial charge in [0.25, 0.3) is 5.91 Å². The molecule has 0 bridgehead atoms. The van der Waals surface area contributed by atoms with Crippen molar-refractivity contribution in [2.24, 2.45) is 0 Å². The molecular weight excluding hydrogens is 308 g/mol. The number of rotatable bonds is 5. The second kappa shape index (κ2) is 6.64. The van der Waals surface area contributed by atoms with E-state index in [-0.39, 0.29) is 24.1 Å². The van der Waals surface area contributed by atoms with Crippen molar-refractivity contribution in [3.8, 4) is 0 Å². The highest BCUT2D eigenvalue weighted by molar-refractivity contribution is 5.92. The molecule has 0 aromatic carbocycles. The standard InChI is InChI=1S/C16H24N6O2/c1-11(2)20-9-14(18-10-20)16(23)22-8-13(24-3)6-12(22)7-21-5-4-15(17)19-21/h4-5,9-13H,6-8H2,1-3H3,(H2,17,19)/t12-,13+/m0/s1. The van der Waals surface area contributed by atoms with Crippen LogP contribution in [0.2, 0.25) is 0 Å². The Bertz CT molecular complexity index is 707. The summed E-state index contributed by atoms with van der Waals surface area (Å²) in [5.41, 5.74) is 6.14. The van der Waals surface area contributed by atoms with Gasteiger partial charge in [0.2, 0.25) is 0 Å². The quantitative estimate of drug-likeness (QED) is 0.887. The lowest BCUT2D eigenvalue weighted by Crippen LogP contribution is -2.38. The fourth-order valence-electron chi connectivity index (χ4n) is 3.04. The molecule has 1 fully saturated rings. The minimum atomic E-state index is -0.0703. The Morgan fingerprint density at radius 1 is 1.50 bits per heavy atom. The van der Waals surface area contributed by atoms with Gasteiger partial charge in [-0.15, -0.1) is 0 Å². The van der Waals surface area contributed by atoms with E-state index in [9.17, 15) is 4.79 Å². The number of nitrogens with zero attached hydrogens (tertiary/aromatic N) is 5. The number of hydrogen-bond donors (Lipinski definition) is 1. The second-order valence-electron chi connectivity index (χ2n) is 6.47. The Kier molecular flexibility index (Phi) is 4.57. The van der Waals surface area contributed by atoms with Gasteiger partial charge in [0.1, 0.15) is 11.5 Å². The van der Waals surface area contributed by atoms with Crippen LogP contribution in [0.5, 0.6) is 0 Å². The minimum Gasteiger partial charge on any atom is -0.382 e. The van der Waals surface area contributed by atoms with Crippen molar-refractivity contribution >= 4 is 11.7 Å². The van der Waals surface area contributed by atoms with E-state index in [0.29, 0.717) is 24.6 Å². The molecule has 2 N–H and O–H groups in total. The number of nitrogens with two attached hydrogens (primary N) is 1. The SMILES string of the molecule is CO[C@@H]1C[C@@H](Cn2ccc(N)n2)N(C(=O)c2cn(C(C)C)cn2)C1. The third-order valence-electron chi connectivity index (χ3n) is 4.45. The number of aromatic nitrogens is 4. The summed E-state index contributed by atoms with van der Waals surface area (Å²) >= 11 is 0. The van der Waals surface area contributed by atoms with E-state index in [2.05, 4.69) is 23.9 Å². The van der Waals surface area contributed by atoms with Crippen LogP contribution in [0.3, 0.4) is 0 Å². The predicted molar refractivity (Wildman–Crippen MR) is 89.5 cm³/mol. The largest absolute Gasteiger partial charge is 0.382 e. The minimum absolute atomic E-state index is 0.00551. The van der Waals surface area contributed by atoms with Crippen LogP contribution in [0.1, 0.15) is 36.8 Å². The summed E-state index contributed by atoms with van der Waals surface area (Å²) in [6, 6.07) is 2.03. The van der Waals surface area contributed by atoms with Crippen LogP contribution in [0.4, 0.5) is 5.82 Å². The zero-order valence-electron chi connectivity index (χ0n) is 14.3. The summed E-state index contributed by atoms with van der Waals surface area (Å²) in [4.78, 5) is 19.0. The number of likely N-dealkylation sites (tertiary alicyclic amines) is 1. The van der Waals surface area contributed by atoms with E-state index >= 15 is 0 Å². The maximum absolute atomic E-state index is 12.9. The molecular formula is C16H24N6O2. The molecule has 0 spiro atoms. The zero-order chi connectivity index (χ0) is 17.3. The molecule has 2 atom stereocenters. The summed E-state index contributed by atoms with van der Waals surface area (Å²) in [7, 11) is 1.68. The highest BCUT2D eigenvalue weighted by atomic mass is 16.5. The van der Waals surface area contributed by atoms with E-state index < -0.39 is 0 Å². The summed E-state index contributed by atoms with van der Waals surface area (Å²) in [6.45, 7) is 5.26. The smallest absolute Gasteiger partial charge is 0.274 e. The Morgan fingerprint density at radius 2 is 2.29 bits per heavy atom. The molecule has 0 radical (unpaired) electrons. The third kappa shape index (κ3) is 3.28. The summed E-state index contributed by atoms with van der Waals surface area (Å²) in [5, 5.41) is 4.21. The first-order valence-electron chi connectivity index (χ1n) is 8.14. The van der Waals surface area contributed by atoms with Crippen molar-refractivity contribution in [3.63, 3.8) is 0 Å². The molecule has 3 heterocycles. The molecule has 1 aliphatic heterocycles. The number of ether oxygens (including phenoxy) is 1. The topological polar surface area (TPSA) is 91.2 Å².